The Morgan fingerprint density at radius 2 is 1.35 bits per heavy atom. The minimum Gasteiger partial charge on any atom is -0.481 e. The van der Waals surface area contributed by atoms with Gasteiger partial charge in [0.1, 0.15) is 0 Å². The van der Waals surface area contributed by atoms with Crippen molar-refractivity contribution in [3.63, 3.8) is 0 Å². The summed E-state index contributed by atoms with van der Waals surface area (Å²) in [5, 5.41) is 11.2. The van der Waals surface area contributed by atoms with E-state index in [9.17, 15) is 32.3 Å². The number of rotatable bonds is 11. The minimum absolute atomic E-state index is 0.0451. The Kier molecular flexibility index (Phi) is 10.6. The Hall–Kier alpha value is -4.18. The summed E-state index contributed by atoms with van der Waals surface area (Å²) in [6.45, 7) is -0.0451. The van der Waals surface area contributed by atoms with Gasteiger partial charge in [-0.2, -0.15) is 13.2 Å². The van der Waals surface area contributed by atoms with Crippen molar-refractivity contribution in [2.75, 3.05) is 6.54 Å². The lowest BCUT2D eigenvalue weighted by molar-refractivity contribution is -0.136. The number of carbonyl (C=O) groups excluding carboxylic acids is 3. The van der Waals surface area contributed by atoms with Gasteiger partial charge in [-0.25, -0.2) is 0 Å². The maximum absolute atomic E-state index is 13.7. The zero-order valence-electron chi connectivity index (χ0n) is 23.2. The molecule has 6 nitrogen and oxygen atoms in total. The predicted octanol–water partition coefficient (Wildman–Crippen LogP) is 7.70. The highest BCUT2D eigenvalue weighted by Gasteiger charge is 2.29. The maximum atomic E-state index is 13.7. The summed E-state index contributed by atoms with van der Waals surface area (Å²) in [6, 6.07) is 18.3. The molecule has 1 amide bonds. The molecule has 0 atom stereocenters. The van der Waals surface area contributed by atoms with Gasteiger partial charge in [0.2, 0.25) is 0 Å². The van der Waals surface area contributed by atoms with Crippen molar-refractivity contribution in [3.05, 3.63) is 107 Å². The zero-order valence-corrected chi connectivity index (χ0v) is 24.0. The molecule has 0 radical (unpaired) electrons. The molecule has 10 heteroatoms. The Bertz CT molecular complexity index is 1490. The summed E-state index contributed by atoms with van der Waals surface area (Å²) in [4.78, 5) is 49.9. The number of carbonyl (C=O) groups is 4. The number of hydrogen-bond donors (Lipinski definition) is 2. The van der Waals surface area contributed by atoms with Crippen LogP contribution in [0.2, 0.25) is 0 Å². The van der Waals surface area contributed by atoms with Gasteiger partial charge in [-0.1, -0.05) is 55.7 Å². The van der Waals surface area contributed by atoms with Crippen LogP contribution in [-0.2, 0) is 4.79 Å². The molecule has 224 valence electrons. The number of hydrogen-bond acceptors (Lipinski definition) is 5. The Morgan fingerprint density at radius 3 is 1.93 bits per heavy atom. The second-order valence-electron chi connectivity index (χ2n) is 10.3. The van der Waals surface area contributed by atoms with Crippen molar-refractivity contribution in [3.8, 4) is 0 Å². The van der Waals surface area contributed by atoms with Gasteiger partial charge in [-0.3, -0.25) is 19.2 Å². The summed E-state index contributed by atoms with van der Waals surface area (Å²) >= 11 is -0.280. The molecule has 2 N–H and O–H groups in total. The number of benzene rings is 3. The third-order valence-electron chi connectivity index (χ3n) is 7.22. The minimum atomic E-state index is -4.45. The van der Waals surface area contributed by atoms with E-state index in [2.05, 4.69) is 5.32 Å². The van der Waals surface area contributed by atoms with Crippen molar-refractivity contribution in [2.45, 2.75) is 54.8 Å². The van der Waals surface area contributed by atoms with E-state index in [4.69, 9.17) is 5.11 Å². The predicted molar refractivity (Wildman–Crippen MR) is 158 cm³/mol. The van der Waals surface area contributed by atoms with E-state index in [1.165, 1.54) is 73.9 Å². The topological polar surface area (TPSA) is 101 Å². The fourth-order valence-electron chi connectivity index (χ4n) is 5.00. The Labute approximate surface area is 251 Å². The number of ketones is 2. The van der Waals surface area contributed by atoms with Crippen molar-refractivity contribution in [2.24, 2.45) is 0 Å². The number of halogens is 3. The lowest BCUT2D eigenvalue weighted by Crippen LogP contribution is -2.26. The lowest BCUT2D eigenvalue weighted by Gasteiger charge is -2.22. The smallest absolute Gasteiger partial charge is 0.446 e. The molecule has 0 heterocycles. The molecular weight excluding hydrogens is 579 g/mol. The molecule has 0 aliphatic heterocycles. The number of allylic oxidation sites excluding steroid dienone is 2. The van der Waals surface area contributed by atoms with Crippen LogP contribution in [0.5, 0.6) is 0 Å². The first kappa shape index (κ1) is 31.7. The van der Waals surface area contributed by atoms with Crippen LogP contribution >= 0.6 is 11.8 Å². The second kappa shape index (κ2) is 14.3. The van der Waals surface area contributed by atoms with E-state index in [1.54, 1.807) is 12.1 Å². The summed E-state index contributed by atoms with van der Waals surface area (Å²) in [7, 11) is 0. The molecular formula is C33H30F3NO5S. The highest BCUT2D eigenvalue weighted by Crippen LogP contribution is 2.37. The lowest BCUT2D eigenvalue weighted by atomic mass is 9.83. The number of carboxylic acids is 1. The average Bonchev–Trinajstić information content (AvgIpc) is 2.99. The van der Waals surface area contributed by atoms with Crippen molar-refractivity contribution >= 4 is 40.8 Å². The first-order chi connectivity index (χ1) is 20.5. The summed E-state index contributed by atoms with van der Waals surface area (Å²) in [5.74, 6) is -2.11. The third-order valence-corrected chi connectivity index (χ3v) is 7.96. The van der Waals surface area contributed by atoms with E-state index < -0.39 is 29.0 Å². The van der Waals surface area contributed by atoms with Gasteiger partial charge in [0.25, 0.3) is 5.91 Å². The van der Waals surface area contributed by atoms with Crippen LogP contribution in [0.3, 0.4) is 0 Å². The molecule has 3 aromatic carbocycles. The van der Waals surface area contributed by atoms with Crippen molar-refractivity contribution < 1.29 is 37.5 Å². The number of thioether (sulfide) groups is 1. The van der Waals surface area contributed by atoms with Crippen LogP contribution in [0, 0.1) is 0 Å². The Morgan fingerprint density at radius 1 is 0.791 bits per heavy atom. The molecule has 4 rings (SSSR count). The molecule has 0 bridgehead atoms. The molecule has 1 aliphatic carbocycles. The van der Waals surface area contributed by atoms with Gasteiger partial charge in [0, 0.05) is 33.7 Å². The largest absolute Gasteiger partial charge is 0.481 e. The number of alkyl halides is 3. The zero-order chi connectivity index (χ0) is 31.0. The SMILES string of the molecule is O=C(O)CCNC(=O)c1ccc(C(=O)/C(=C\C(=O)c2ccc(SC(F)(F)F)cc2)c2ccc(C3CCCCC3)cc2)cc1. The van der Waals surface area contributed by atoms with Gasteiger partial charge >= 0.3 is 11.5 Å². The molecule has 1 aliphatic rings. The van der Waals surface area contributed by atoms with Crippen LogP contribution in [0.25, 0.3) is 5.57 Å². The normalized spacial score (nSPS) is 14.3. The summed E-state index contributed by atoms with van der Waals surface area (Å²) in [6.07, 6.45) is 6.70. The van der Waals surface area contributed by atoms with Crippen LogP contribution in [0.1, 0.15) is 86.6 Å². The van der Waals surface area contributed by atoms with Crippen LogP contribution < -0.4 is 5.32 Å². The van der Waals surface area contributed by atoms with E-state index in [0.717, 1.165) is 18.4 Å². The fourth-order valence-corrected chi connectivity index (χ4v) is 5.54. The van der Waals surface area contributed by atoms with E-state index in [0.29, 0.717) is 11.5 Å². The van der Waals surface area contributed by atoms with Crippen LogP contribution in [0.15, 0.2) is 83.8 Å². The van der Waals surface area contributed by atoms with E-state index >= 15 is 0 Å². The second-order valence-corrected chi connectivity index (χ2v) is 11.4. The molecule has 0 spiro atoms. The Balaban J connectivity index is 1.61. The third kappa shape index (κ3) is 9.15. The van der Waals surface area contributed by atoms with Crippen molar-refractivity contribution in [1.82, 2.24) is 5.32 Å². The van der Waals surface area contributed by atoms with Gasteiger partial charge < -0.3 is 10.4 Å². The van der Waals surface area contributed by atoms with Crippen LogP contribution in [0.4, 0.5) is 13.2 Å². The molecule has 1 saturated carbocycles. The fraction of sp³-hybridized carbons (Fsp3) is 0.273. The van der Waals surface area contributed by atoms with Gasteiger partial charge in [0.15, 0.2) is 11.6 Å². The number of Topliss-reactive ketones (excluding diaryl/α,β-unsaturated/α-hetero) is 1. The molecule has 0 saturated heterocycles. The number of aliphatic carboxylic acids is 1. The van der Waals surface area contributed by atoms with Gasteiger partial charge in [-0.15, -0.1) is 0 Å². The summed E-state index contributed by atoms with van der Waals surface area (Å²) < 4.78 is 38.1. The molecule has 0 aromatic heterocycles. The average molecular weight is 610 g/mol. The van der Waals surface area contributed by atoms with Crippen LogP contribution in [-0.4, -0.2) is 40.6 Å². The van der Waals surface area contributed by atoms with Gasteiger partial charge in [-0.05, 0) is 84.1 Å². The van der Waals surface area contributed by atoms with E-state index in [1.807, 2.05) is 12.1 Å². The molecule has 0 unspecified atom stereocenters. The highest BCUT2D eigenvalue weighted by atomic mass is 32.2. The highest BCUT2D eigenvalue weighted by molar-refractivity contribution is 8.00. The number of amides is 1. The standard InChI is InChI=1S/C33H30F3NO5S/c34-33(35,36)43-27-16-14-24(15-17-27)29(38)20-28(23-8-6-22(7-9-23)21-4-2-1-3-5-21)31(41)25-10-12-26(13-11-25)32(42)37-19-18-30(39)40/h6-17,20-21H,1-5,18-19H2,(H,37,42)(H,39,40)/b28-20-. The quantitative estimate of drug-likeness (QED) is 0.131. The molecule has 43 heavy (non-hydrogen) atoms. The number of nitrogens with one attached hydrogen (secondary N) is 1. The van der Waals surface area contributed by atoms with E-state index in [-0.39, 0.29) is 51.9 Å². The first-order valence-electron chi connectivity index (χ1n) is 13.9. The molecule has 1 fully saturated rings. The number of carboxylic acid groups (broad SMARTS) is 1. The monoisotopic (exact) mass is 609 g/mol. The maximum Gasteiger partial charge on any atom is 0.446 e. The van der Waals surface area contributed by atoms with Gasteiger partial charge in [0.05, 0.1) is 6.42 Å². The summed E-state index contributed by atoms with van der Waals surface area (Å²) in [5.41, 5.74) is -2.10. The van der Waals surface area contributed by atoms with Crippen molar-refractivity contribution in [1.29, 1.82) is 0 Å². The molecule has 3 aromatic rings. The first-order valence-corrected chi connectivity index (χ1v) is 14.7.